The van der Waals surface area contributed by atoms with Crippen molar-refractivity contribution < 1.29 is 9.13 Å². The molecule has 100 valence electrons. The van der Waals surface area contributed by atoms with E-state index in [2.05, 4.69) is 15.9 Å². The van der Waals surface area contributed by atoms with Gasteiger partial charge >= 0.3 is 0 Å². The highest BCUT2D eigenvalue weighted by Gasteiger charge is 2.07. The van der Waals surface area contributed by atoms with Gasteiger partial charge in [0.25, 0.3) is 5.56 Å². The minimum Gasteiger partial charge on any atom is -0.497 e. The van der Waals surface area contributed by atoms with E-state index < -0.39 is 0 Å². The Balaban J connectivity index is 2.39. The average Bonchev–Trinajstić information content (AvgIpc) is 2.37. The molecule has 3 nitrogen and oxygen atoms in total. The molecule has 0 aliphatic rings. The number of nitrogens with zero attached hydrogens (tertiary/aromatic N) is 1. The van der Waals surface area contributed by atoms with Crippen molar-refractivity contribution in [1.82, 2.24) is 4.57 Å². The van der Waals surface area contributed by atoms with Crippen LogP contribution < -0.4 is 10.3 Å². The van der Waals surface area contributed by atoms with E-state index in [1.54, 1.807) is 31.3 Å². The summed E-state index contributed by atoms with van der Waals surface area (Å²) in [5.74, 6) is 0.0721. The van der Waals surface area contributed by atoms with E-state index in [1.807, 2.05) is 0 Å². The molecular formula is C14H13BrFNO2. The minimum atomic E-state index is -0.385. The van der Waals surface area contributed by atoms with Crippen molar-refractivity contribution in [1.29, 1.82) is 0 Å². The molecule has 1 aromatic carbocycles. The normalized spacial score (nSPS) is 10.5. The monoisotopic (exact) mass is 325 g/mol. The maximum atomic E-state index is 13.8. The Labute approximate surface area is 118 Å². The maximum Gasteiger partial charge on any atom is 0.253 e. The van der Waals surface area contributed by atoms with Gasteiger partial charge in [0, 0.05) is 27.9 Å². The first-order valence-electron chi connectivity index (χ1n) is 5.70. The van der Waals surface area contributed by atoms with Crippen LogP contribution in [-0.2, 0) is 6.54 Å². The fourth-order valence-electron chi connectivity index (χ4n) is 1.82. The second-order valence-electron chi connectivity index (χ2n) is 4.23. The number of ether oxygens (including phenoxy) is 1. The van der Waals surface area contributed by atoms with Gasteiger partial charge in [0.1, 0.15) is 11.6 Å². The van der Waals surface area contributed by atoms with Gasteiger partial charge in [0.15, 0.2) is 0 Å². The molecule has 0 bridgehead atoms. The molecule has 0 fully saturated rings. The maximum absolute atomic E-state index is 13.8. The summed E-state index contributed by atoms with van der Waals surface area (Å²) < 4.78 is 21.1. The molecule has 0 N–H and O–H groups in total. The van der Waals surface area contributed by atoms with Crippen LogP contribution >= 0.6 is 15.9 Å². The smallest absolute Gasteiger partial charge is 0.253 e. The van der Waals surface area contributed by atoms with Crippen molar-refractivity contribution in [3.8, 4) is 5.75 Å². The molecule has 1 aromatic heterocycles. The van der Waals surface area contributed by atoms with Crippen LogP contribution in [0.15, 0.2) is 39.7 Å². The van der Waals surface area contributed by atoms with E-state index >= 15 is 0 Å². The number of pyridine rings is 1. The third-order valence-corrected chi connectivity index (χ3v) is 3.27. The van der Waals surface area contributed by atoms with Crippen LogP contribution in [0.25, 0.3) is 0 Å². The van der Waals surface area contributed by atoms with Crippen molar-refractivity contribution in [2.45, 2.75) is 13.5 Å². The molecule has 2 aromatic rings. The second kappa shape index (κ2) is 5.57. The SMILES string of the molecule is COc1ccc(Cn2cc(Br)cc(C)c2=O)c(F)c1. The third kappa shape index (κ3) is 3.04. The predicted molar refractivity (Wildman–Crippen MR) is 75.2 cm³/mol. The number of rotatable bonds is 3. The molecule has 0 saturated carbocycles. The summed E-state index contributed by atoms with van der Waals surface area (Å²) in [7, 11) is 1.48. The molecular weight excluding hydrogens is 313 g/mol. The number of aryl methyl sites for hydroxylation is 1. The lowest BCUT2D eigenvalue weighted by Crippen LogP contribution is -2.22. The number of aromatic nitrogens is 1. The zero-order chi connectivity index (χ0) is 14.0. The van der Waals surface area contributed by atoms with Crippen LogP contribution in [-0.4, -0.2) is 11.7 Å². The average molecular weight is 326 g/mol. The summed E-state index contributed by atoms with van der Waals surface area (Å²) >= 11 is 3.33. The number of hydrogen-bond acceptors (Lipinski definition) is 2. The highest BCUT2D eigenvalue weighted by molar-refractivity contribution is 9.10. The fraction of sp³-hybridized carbons (Fsp3) is 0.214. The molecule has 0 aliphatic heterocycles. The molecule has 0 unspecified atom stereocenters. The van der Waals surface area contributed by atoms with Crippen LogP contribution in [0.1, 0.15) is 11.1 Å². The zero-order valence-corrected chi connectivity index (χ0v) is 12.2. The first kappa shape index (κ1) is 13.8. The number of methoxy groups -OCH3 is 1. The van der Waals surface area contributed by atoms with Crippen molar-refractivity contribution in [2.24, 2.45) is 0 Å². The molecule has 19 heavy (non-hydrogen) atoms. The van der Waals surface area contributed by atoms with Crippen molar-refractivity contribution in [3.05, 3.63) is 62.2 Å². The van der Waals surface area contributed by atoms with Gasteiger partial charge < -0.3 is 9.30 Å². The summed E-state index contributed by atoms with van der Waals surface area (Å²) in [5.41, 5.74) is 0.933. The Morgan fingerprint density at radius 1 is 1.37 bits per heavy atom. The van der Waals surface area contributed by atoms with Gasteiger partial charge in [-0.05, 0) is 35.0 Å². The lowest BCUT2D eigenvalue weighted by atomic mass is 10.2. The quantitative estimate of drug-likeness (QED) is 0.868. The second-order valence-corrected chi connectivity index (χ2v) is 5.15. The van der Waals surface area contributed by atoms with Crippen LogP contribution in [0.4, 0.5) is 4.39 Å². The van der Waals surface area contributed by atoms with Gasteiger partial charge in [-0.1, -0.05) is 6.07 Å². The fourth-order valence-corrected chi connectivity index (χ4v) is 2.41. The first-order chi connectivity index (χ1) is 9.01. The van der Waals surface area contributed by atoms with Crippen LogP contribution in [0.3, 0.4) is 0 Å². The Bertz CT molecular complexity index is 667. The highest BCUT2D eigenvalue weighted by Crippen LogP contribution is 2.17. The molecule has 2 rings (SSSR count). The lowest BCUT2D eigenvalue weighted by Gasteiger charge is -2.09. The predicted octanol–water partition coefficient (Wildman–Crippen LogP) is 3.12. The van der Waals surface area contributed by atoms with Gasteiger partial charge in [0.2, 0.25) is 0 Å². The molecule has 5 heteroatoms. The van der Waals surface area contributed by atoms with Gasteiger partial charge in [0.05, 0.1) is 13.7 Å². The minimum absolute atomic E-state index is 0.126. The Morgan fingerprint density at radius 3 is 2.74 bits per heavy atom. The zero-order valence-electron chi connectivity index (χ0n) is 10.6. The van der Waals surface area contributed by atoms with Gasteiger partial charge in [-0.15, -0.1) is 0 Å². The number of benzene rings is 1. The van der Waals surface area contributed by atoms with E-state index in [0.717, 1.165) is 4.47 Å². The summed E-state index contributed by atoms with van der Waals surface area (Å²) in [6, 6.07) is 6.35. The standard InChI is InChI=1S/C14H13BrFNO2/c1-9-5-11(15)8-17(14(9)18)7-10-3-4-12(19-2)6-13(10)16/h3-6,8H,7H2,1-2H3. The number of halogens is 2. The van der Waals surface area contributed by atoms with Crippen molar-refractivity contribution in [3.63, 3.8) is 0 Å². The Kier molecular flexibility index (Phi) is 4.04. The molecule has 0 aliphatic carbocycles. The van der Waals surface area contributed by atoms with Crippen LogP contribution in [0.5, 0.6) is 5.75 Å². The molecule has 0 saturated heterocycles. The van der Waals surface area contributed by atoms with E-state index in [9.17, 15) is 9.18 Å². The molecule has 0 amide bonds. The molecule has 1 heterocycles. The summed E-state index contributed by atoms with van der Waals surface area (Å²) in [6.07, 6.45) is 1.65. The highest BCUT2D eigenvalue weighted by atomic mass is 79.9. The third-order valence-electron chi connectivity index (χ3n) is 2.83. The summed E-state index contributed by atoms with van der Waals surface area (Å²) in [5, 5.41) is 0. The van der Waals surface area contributed by atoms with Gasteiger partial charge in [-0.2, -0.15) is 0 Å². The van der Waals surface area contributed by atoms with E-state index in [1.165, 1.54) is 17.7 Å². The molecule has 0 radical (unpaired) electrons. The van der Waals surface area contributed by atoms with E-state index in [-0.39, 0.29) is 17.9 Å². The van der Waals surface area contributed by atoms with E-state index in [4.69, 9.17) is 4.74 Å². The molecule has 0 atom stereocenters. The van der Waals surface area contributed by atoms with Crippen molar-refractivity contribution in [2.75, 3.05) is 7.11 Å². The van der Waals surface area contributed by atoms with Gasteiger partial charge in [-0.25, -0.2) is 4.39 Å². The van der Waals surface area contributed by atoms with Gasteiger partial charge in [-0.3, -0.25) is 4.79 Å². The van der Waals surface area contributed by atoms with Crippen molar-refractivity contribution >= 4 is 15.9 Å². The summed E-state index contributed by atoms with van der Waals surface area (Å²) in [6.45, 7) is 1.92. The lowest BCUT2D eigenvalue weighted by molar-refractivity contribution is 0.410. The first-order valence-corrected chi connectivity index (χ1v) is 6.49. The number of hydrogen-bond donors (Lipinski definition) is 0. The van der Waals surface area contributed by atoms with Crippen LogP contribution in [0, 0.1) is 12.7 Å². The Morgan fingerprint density at radius 2 is 2.11 bits per heavy atom. The topological polar surface area (TPSA) is 31.2 Å². The van der Waals surface area contributed by atoms with Crippen LogP contribution in [0.2, 0.25) is 0 Å². The van der Waals surface area contributed by atoms with E-state index in [0.29, 0.717) is 16.9 Å². The summed E-state index contributed by atoms with van der Waals surface area (Å²) in [4.78, 5) is 12.0. The molecule has 0 spiro atoms. The Hall–Kier alpha value is -1.62. The largest absolute Gasteiger partial charge is 0.497 e.